The zero-order valence-electron chi connectivity index (χ0n) is 16.3. The zero-order chi connectivity index (χ0) is 20.6. The number of carbonyl (C=O) groups excluding carboxylic acids is 2. The molecule has 0 aliphatic carbocycles. The Bertz CT molecular complexity index is 966. The highest BCUT2D eigenvalue weighted by Crippen LogP contribution is 2.29. The van der Waals surface area contributed by atoms with Gasteiger partial charge < -0.3 is 14.6 Å². The lowest BCUT2D eigenvalue weighted by Gasteiger charge is -2.10. The van der Waals surface area contributed by atoms with Crippen LogP contribution in [0.3, 0.4) is 0 Å². The fourth-order valence-corrected chi connectivity index (χ4v) is 3.87. The van der Waals surface area contributed by atoms with Crippen LogP contribution in [-0.4, -0.2) is 23.6 Å². The number of ether oxygens (including phenoxy) is 1. The van der Waals surface area contributed by atoms with Crippen molar-refractivity contribution in [2.45, 2.75) is 31.0 Å². The highest BCUT2D eigenvalue weighted by atomic mass is 32.2. The van der Waals surface area contributed by atoms with E-state index in [1.165, 1.54) is 11.8 Å². The maximum atomic E-state index is 12.5. The molecule has 7 heteroatoms. The molecule has 0 atom stereocenters. The van der Waals surface area contributed by atoms with Crippen molar-refractivity contribution in [3.63, 3.8) is 0 Å². The predicted octanol–water partition coefficient (Wildman–Crippen LogP) is 4.06. The summed E-state index contributed by atoms with van der Waals surface area (Å²) in [7, 11) is 0. The lowest BCUT2D eigenvalue weighted by Crippen LogP contribution is -2.28. The van der Waals surface area contributed by atoms with E-state index in [2.05, 4.69) is 10.5 Å². The van der Waals surface area contributed by atoms with Gasteiger partial charge in [-0.15, -0.1) is 11.8 Å². The Labute approximate surface area is 173 Å². The minimum absolute atomic E-state index is 0.325. The number of aryl methyl sites for hydroxylation is 2. The Hall–Kier alpha value is -3.06. The molecule has 29 heavy (non-hydrogen) atoms. The Morgan fingerprint density at radius 1 is 1.07 bits per heavy atom. The number of amides is 1. The van der Waals surface area contributed by atoms with Gasteiger partial charge in [0, 0.05) is 22.8 Å². The van der Waals surface area contributed by atoms with E-state index in [9.17, 15) is 9.59 Å². The van der Waals surface area contributed by atoms with E-state index in [1.54, 1.807) is 12.1 Å². The lowest BCUT2D eigenvalue weighted by atomic mass is 10.2. The smallest absolute Gasteiger partial charge is 0.339 e. The van der Waals surface area contributed by atoms with Crippen LogP contribution in [0, 0.1) is 13.8 Å². The molecule has 3 rings (SSSR count). The van der Waals surface area contributed by atoms with Crippen molar-refractivity contribution in [1.29, 1.82) is 0 Å². The quantitative estimate of drug-likeness (QED) is 0.446. The van der Waals surface area contributed by atoms with Crippen molar-refractivity contribution < 1.29 is 18.8 Å². The van der Waals surface area contributed by atoms with Gasteiger partial charge in [0.15, 0.2) is 6.61 Å². The first kappa shape index (κ1) is 20.7. The Morgan fingerprint density at radius 2 is 1.79 bits per heavy atom. The van der Waals surface area contributed by atoms with Gasteiger partial charge in [0.05, 0.1) is 11.3 Å². The van der Waals surface area contributed by atoms with Crippen LogP contribution in [0.5, 0.6) is 0 Å². The number of rotatable bonds is 8. The molecule has 0 aliphatic rings. The average molecular weight is 410 g/mol. The van der Waals surface area contributed by atoms with Crippen LogP contribution in [0.1, 0.15) is 32.9 Å². The number of benzene rings is 2. The third-order valence-corrected chi connectivity index (χ3v) is 5.43. The Morgan fingerprint density at radius 3 is 2.52 bits per heavy atom. The fraction of sp³-hybridized carbons (Fsp3) is 0.227. The minimum atomic E-state index is -0.526. The fourth-order valence-electron chi connectivity index (χ4n) is 2.68. The van der Waals surface area contributed by atoms with Crippen molar-refractivity contribution in [2.24, 2.45) is 0 Å². The van der Waals surface area contributed by atoms with E-state index in [-0.39, 0.29) is 12.5 Å². The topological polar surface area (TPSA) is 81.4 Å². The van der Waals surface area contributed by atoms with E-state index in [0.717, 1.165) is 27.5 Å². The molecule has 6 nitrogen and oxygen atoms in total. The summed E-state index contributed by atoms with van der Waals surface area (Å²) in [4.78, 5) is 25.3. The van der Waals surface area contributed by atoms with E-state index < -0.39 is 5.97 Å². The second-order valence-electron chi connectivity index (χ2n) is 6.43. The second-order valence-corrected chi connectivity index (χ2v) is 7.44. The minimum Gasteiger partial charge on any atom is -0.452 e. The van der Waals surface area contributed by atoms with Crippen molar-refractivity contribution in [1.82, 2.24) is 10.5 Å². The molecule has 1 aromatic heterocycles. The van der Waals surface area contributed by atoms with E-state index in [1.807, 2.05) is 56.3 Å². The van der Waals surface area contributed by atoms with Crippen molar-refractivity contribution in [3.8, 4) is 0 Å². The number of hydrogen-bond donors (Lipinski definition) is 1. The van der Waals surface area contributed by atoms with Gasteiger partial charge in [-0.05, 0) is 31.5 Å². The molecular formula is C22H22N2O4S. The first-order chi connectivity index (χ1) is 14.0. The maximum Gasteiger partial charge on any atom is 0.339 e. The van der Waals surface area contributed by atoms with E-state index >= 15 is 0 Å². The average Bonchev–Trinajstić information content (AvgIpc) is 3.07. The summed E-state index contributed by atoms with van der Waals surface area (Å²) in [5.41, 5.74) is 3.26. The highest BCUT2D eigenvalue weighted by Gasteiger charge is 2.16. The first-order valence-corrected chi connectivity index (χ1v) is 10.1. The summed E-state index contributed by atoms with van der Waals surface area (Å²) < 4.78 is 10.4. The SMILES string of the molecule is Cc1noc(C)c1CSc1ccccc1C(=O)OCC(=O)NCc1ccccc1. The van der Waals surface area contributed by atoms with E-state index in [4.69, 9.17) is 9.26 Å². The highest BCUT2D eigenvalue weighted by molar-refractivity contribution is 7.98. The van der Waals surface area contributed by atoms with Crippen LogP contribution in [0.2, 0.25) is 0 Å². The number of nitrogens with zero attached hydrogens (tertiary/aromatic N) is 1. The largest absolute Gasteiger partial charge is 0.452 e. The zero-order valence-corrected chi connectivity index (χ0v) is 17.1. The summed E-state index contributed by atoms with van der Waals surface area (Å²) in [5, 5.41) is 6.69. The van der Waals surface area contributed by atoms with Gasteiger partial charge in [0.1, 0.15) is 5.76 Å². The molecule has 0 spiro atoms. The van der Waals surface area contributed by atoms with Gasteiger partial charge in [-0.2, -0.15) is 0 Å². The first-order valence-electron chi connectivity index (χ1n) is 9.16. The monoisotopic (exact) mass is 410 g/mol. The lowest BCUT2D eigenvalue weighted by molar-refractivity contribution is -0.124. The molecule has 0 bridgehead atoms. The van der Waals surface area contributed by atoms with Gasteiger partial charge in [0.2, 0.25) is 0 Å². The molecule has 0 radical (unpaired) electrons. The molecule has 1 heterocycles. The number of aromatic nitrogens is 1. The summed E-state index contributed by atoms with van der Waals surface area (Å²) >= 11 is 1.50. The van der Waals surface area contributed by atoms with Gasteiger partial charge in [-0.1, -0.05) is 47.6 Å². The maximum absolute atomic E-state index is 12.5. The number of carbonyl (C=O) groups is 2. The van der Waals surface area contributed by atoms with Gasteiger partial charge in [0.25, 0.3) is 5.91 Å². The molecule has 150 valence electrons. The van der Waals surface area contributed by atoms with Crippen LogP contribution in [0.25, 0.3) is 0 Å². The van der Waals surface area contributed by atoms with Crippen molar-refractivity contribution in [2.75, 3.05) is 6.61 Å². The molecule has 0 saturated heterocycles. The molecule has 2 aromatic carbocycles. The van der Waals surface area contributed by atoms with Crippen LogP contribution in [0.4, 0.5) is 0 Å². The second kappa shape index (κ2) is 9.93. The third-order valence-electron chi connectivity index (χ3n) is 4.33. The van der Waals surface area contributed by atoms with Crippen molar-refractivity contribution >= 4 is 23.6 Å². The third kappa shape index (κ3) is 5.71. The molecular weight excluding hydrogens is 388 g/mol. The summed E-state index contributed by atoms with van der Waals surface area (Å²) in [5.74, 6) is 0.526. The summed E-state index contributed by atoms with van der Waals surface area (Å²) in [6, 6.07) is 16.7. The van der Waals surface area contributed by atoms with Crippen LogP contribution in [-0.2, 0) is 21.8 Å². The van der Waals surface area contributed by atoms with Gasteiger partial charge in [-0.3, -0.25) is 4.79 Å². The molecule has 1 N–H and O–H groups in total. The normalized spacial score (nSPS) is 10.6. The molecule has 0 saturated carbocycles. The number of nitrogens with one attached hydrogen (secondary N) is 1. The van der Waals surface area contributed by atoms with Crippen LogP contribution >= 0.6 is 11.8 Å². The Kier molecular flexibility index (Phi) is 7.08. The number of hydrogen-bond acceptors (Lipinski definition) is 6. The molecule has 0 fully saturated rings. The standard InChI is InChI=1S/C22H22N2O4S/c1-15-19(16(2)28-24-15)14-29-20-11-7-6-10-18(20)22(26)27-13-21(25)23-12-17-8-4-3-5-9-17/h3-11H,12-14H2,1-2H3,(H,23,25). The number of thioether (sulfide) groups is 1. The van der Waals surface area contributed by atoms with Gasteiger partial charge >= 0.3 is 5.97 Å². The number of esters is 1. The Balaban J connectivity index is 1.54. The predicted molar refractivity (Wildman–Crippen MR) is 111 cm³/mol. The molecule has 0 unspecified atom stereocenters. The van der Waals surface area contributed by atoms with Crippen LogP contribution < -0.4 is 5.32 Å². The molecule has 3 aromatic rings. The van der Waals surface area contributed by atoms with E-state index in [0.29, 0.717) is 17.9 Å². The molecule has 0 aliphatic heterocycles. The van der Waals surface area contributed by atoms with Crippen LogP contribution in [0.15, 0.2) is 64.0 Å². The van der Waals surface area contributed by atoms with Gasteiger partial charge in [-0.25, -0.2) is 4.79 Å². The van der Waals surface area contributed by atoms with Crippen molar-refractivity contribution in [3.05, 3.63) is 82.7 Å². The summed E-state index contributed by atoms with van der Waals surface area (Å²) in [6.45, 7) is 3.82. The molecule has 1 amide bonds. The summed E-state index contributed by atoms with van der Waals surface area (Å²) in [6.07, 6.45) is 0.